The minimum absolute atomic E-state index is 0.0454. The van der Waals surface area contributed by atoms with Gasteiger partial charge in [0.2, 0.25) is 17.7 Å². The third kappa shape index (κ3) is 10.8. The van der Waals surface area contributed by atoms with Crippen LogP contribution in [-0.4, -0.2) is 79.5 Å². The van der Waals surface area contributed by atoms with Crippen molar-refractivity contribution in [2.45, 2.75) is 69.7 Å². The number of carbonyl (C=O) groups excluding carboxylic acids is 4. The number of benzene rings is 3. The van der Waals surface area contributed by atoms with Crippen LogP contribution in [0.4, 0.5) is 10.5 Å². The number of methoxy groups -OCH3 is 1. The van der Waals surface area contributed by atoms with Crippen molar-refractivity contribution in [3.05, 3.63) is 72.3 Å². The topological polar surface area (TPSA) is 216 Å². The van der Waals surface area contributed by atoms with Gasteiger partial charge in [0.25, 0.3) is 0 Å². The first-order valence-electron chi connectivity index (χ1n) is 16.9. The van der Waals surface area contributed by atoms with Crippen LogP contribution >= 0.6 is 0 Å². The highest BCUT2D eigenvalue weighted by molar-refractivity contribution is 6.01. The number of unbranched alkanes of at least 4 members (excludes halogenated alkanes) is 1. The summed E-state index contributed by atoms with van der Waals surface area (Å²) in [5.74, 6) is -0.796. The van der Waals surface area contributed by atoms with Crippen molar-refractivity contribution in [2.75, 3.05) is 32.1 Å². The summed E-state index contributed by atoms with van der Waals surface area (Å²) in [6.07, 6.45) is 2.46. The number of nitrogens with one attached hydrogen (secondary N) is 3. The highest BCUT2D eigenvalue weighted by Gasteiger charge is 2.39. The molecule has 1 aliphatic heterocycles. The van der Waals surface area contributed by atoms with E-state index in [1.807, 2.05) is 60.7 Å². The zero-order chi connectivity index (χ0) is 35.9. The summed E-state index contributed by atoms with van der Waals surface area (Å²) in [7, 11) is 1.56. The molecule has 9 N–H and O–H groups in total. The van der Waals surface area contributed by atoms with Gasteiger partial charge in [-0.2, -0.15) is 0 Å². The lowest BCUT2D eigenvalue weighted by Crippen LogP contribution is -2.55. The van der Waals surface area contributed by atoms with Crippen molar-refractivity contribution in [3.8, 4) is 5.75 Å². The second-order valence-electron chi connectivity index (χ2n) is 12.1. The summed E-state index contributed by atoms with van der Waals surface area (Å²) in [5.41, 5.74) is 17.9. The number of amides is 4. The van der Waals surface area contributed by atoms with Crippen LogP contribution in [-0.2, 0) is 25.7 Å². The standard InChI is InChI=1S/C36H48N8O6/c1-49-31-22-26(21-25-13-5-6-14-27(25)31)41-32(45)28(16-9-19-40-35(38)39)42-33(46)30-17-10-20-44(30)34(47)29(15-7-8-18-37)43-36(48)50-23-24-11-3-2-4-12-24/h2-6,11-14,21-22,28-30H,7-10,15-20,23,37H2,1H3,(H,41,45)(H,42,46)(H,43,48)(H4,38,39,40). The highest BCUT2D eigenvalue weighted by atomic mass is 16.5. The summed E-state index contributed by atoms with van der Waals surface area (Å²) in [4.78, 5) is 59.6. The highest BCUT2D eigenvalue weighted by Crippen LogP contribution is 2.30. The maximum Gasteiger partial charge on any atom is 0.408 e. The molecular weight excluding hydrogens is 640 g/mol. The van der Waals surface area contributed by atoms with Crippen LogP contribution in [0.1, 0.15) is 50.5 Å². The lowest BCUT2D eigenvalue weighted by Gasteiger charge is -2.30. The number of hydrogen-bond donors (Lipinski definition) is 6. The molecule has 0 spiro atoms. The van der Waals surface area contributed by atoms with Gasteiger partial charge in [0.05, 0.1) is 7.11 Å². The van der Waals surface area contributed by atoms with Gasteiger partial charge in [-0.05, 0) is 68.5 Å². The van der Waals surface area contributed by atoms with E-state index in [1.165, 1.54) is 4.90 Å². The smallest absolute Gasteiger partial charge is 0.408 e. The minimum Gasteiger partial charge on any atom is -0.496 e. The molecule has 50 heavy (non-hydrogen) atoms. The number of rotatable bonds is 17. The second kappa shape index (κ2) is 19.0. The van der Waals surface area contributed by atoms with Gasteiger partial charge in [-0.15, -0.1) is 0 Å². The van der Waals surface area contributed by atoms with Crippen LogP contribution in [0.15, 0.2) is 71.7 Å². The number of hydrogen-bond acceptors (Lipinski definition) is 8. The molecule has 1 fully saturated rings. The number of nitrogens with zero attached hydrogens (tertiary/aromatic N) is 2. The maximum atomic E-state index is 13.9. The second-order valence-corrected chi connectivity index (χ2v) is 12.1. The number of likely N-dealkylation sites (tertiary alicyclic amines) is 1. The molecule has 14 heteroatoms. The first kappa shape index (κ1) is 37.4. The Morgan fingerprint density at radius 3 is 2.42 bits per heavy atom. The zero-order valence-corrected chi connectivity index (χ0v) is 28.4. The fraction of sp³-hybridized carbons (Fsp3) is 0.417. The molecule has 1 saturated heterocycles. The number of nitrogens with two attached hydrogens (primary N) is 3. The summed E-state index contributed by atoms with van der Waals surface area (Å²) >= 11 is 0. The summed E-state index contributed by atoms with van der Waals surface area (Å²) < 4.78 is 10.9. The summed E-state index contributed by atoms with van der Waals surface area (Å²) in [6, 6.07) is 17.7. The van der Waals surface area contributed by atoms with Crippen molar-refractivity contribution < 1.29 is 28.7 Å². The molecule has 4 rings (SSSR count). The molecule has 0 bridgehead atoms. The molecule has 0 aromatic heterocycles. The van der Waals surface area contributed by atoms with Gasteiger partial charge >= 0.3 is 6.09 Å². The largest absolute Gasteiger partial charge is 0.496 e. The number of carbonyl (C=O) groups is 4. The van der Waals surface area contributed by atoms with E-state index in [1.54, 1.807) is 13.2 Å². The fourth-order valence-corrected chi connectivity index (χ4v) is 5.95. The Morgan fingerprint density at radius 2 is 1.68 bits per heavy atom. The SMILES string of the molecule is COc1cc(NC(=O)C(CCCN=C(N)N)NC(=O)C2CCCN2C(=O)C(CCCCN)NC(=O)OCc2ccccc2)cc2ccccc12. The molecule has 0 aliphatic carbocycles. The normalized spacial score (nSPS) is 15.1. The van der Waals surface area contributed by atoms with Crippen LogP contribution < -0.4 is 37.9 Å². The van der Waals surface area contributed by atoms with Crippen molar-refractivity contribution in [1.82, 2.24) is 15.5 Å². The van der Waals surface area contributed by atoms with Gasteiger partial charge in [0.15, 0.2) is 5.96 Å². The van der Waals surface area contributed by atoms with Crippen molar-refractivity contribution in [2.24, 2.45) is 22.2 Å². The van der Waals surface area contributed by atoms with E-state index < -0.39 is 41.9 Å². The summed E-state index contributed by atoms with van der Waals surface area (Å²) in [6.45, 7) is 1.07. The predicted octanol–water partition coefficient (Wildman–Crippen LogP) is 2.74. The Kier molecular flexibility index (Phi) is 14.2. The zero-order valence-electron chi connectivity index (χ0n) is 28.4. The maximum absolute atomic E-state index is 13.9. The van der Waals surface area contributed by atoms with Crippen molar-refractivity contribution in [1.29, 1.82) is 0 Å². The number of ether oxygens (including phenoxy) is 2. The van der Waals surface area contributed by atoms with E-state index in [0.717, 1.165) is 16.3 Å². The average molecular weight is 689 g/mol. The number of guanidine groups is 1. The van der Waals surface area contributed by atoms with Gasteiger partial charge in [0.1, 0.15) is 30.5 Å². The van der Waals surface area contributed by atoms with Gasteiger partial charge < -0.3 is 47.5 Å². The number of anilines is 1. The van der Waals surface area contributed by atoms with Crippen LogP contribution in [0.2, 0.25) is 0 Å². The van der Waals surface area contributed by atoms with E-state index >= 15 is 0 Å². The Labute approximate surface area is 292 Å². The number of aliphatic imine (C=N–C) groups is 1. The number of alkyl carbamates (subject to hydrolysis) is 1. The Morgan fingerprint density at radius 1 is 0.940 bits per heavy atom. The molecule has 3 atom stereocenters. The Balaban J connectivity index is 1.46. The third-order valence-electron chi connectivity index (χ3n) is 8.48. The van der Waals surface area contributed by atoms with Gasteiger partial charge in [-0.3, -0.25) is 19.4 Å². The van der Waals surface area contributed by atoms with Crippen LogP contribution in [0, 0.1) is 0 Å². The Hall–Kier alpha value is -5.37. The summed E-state index contributed by atoms with van der Waals surface area (Å²) in [5, 5.41) is 10.2. The van der Waals surface area contributed by atoms with Crippen LogP contribution in [0.5, 0.6) is 5.75 Å². The van der Waals surface area contributed by atoms with Crippen LogP contribution in [0.3, 0.4) is 0 Å². The first-order chi connectivity index (χ1) is 24.2. The van der Waals surface area contributed by atoms with Crippen LogP contribution in [0.25, 0.3) is 10.8 Å². The Bertz CT molecular complexity index is 1630. The molecule has 3 unspecified atom stereocenters. The molecule has 268 valence electrons. The molecule has 3 aromatic carbocycles. The number of fused-ring (bicyclic) bond motifs is 1. The van der Waals surface area contributed by atoms with Crippen molar-refractivity contribution in [3.63, 3.8) is 0 Å². The first-order valence-corrected chi connectivity index (χ1v) is 16.9. The van der Waals surface area contributed by atoms with Gasteiger partial charge in [0, 0.05) is 30.2 Å². The molecule has 0 radical (unpaired) electrons. The lowest BCUT2D eigenvalue weighted by atomic mass is 10.1. The van der Waals surface area contributed by atoms with Gasteiger partial charge in [-0.25, -0.2) is 4.79 Å². The fourth-order valence-electron chi connectivity index (χ4n) is 5.95. The molecule has 4 amide bonds. The molecule has 1 heterocycles. The predicted molar refractivity (Wildman–Crippen MR) is 192 cm³/mol. The molecule has 14 nitrogen and oxygen atoms in total. The molecule has 1 aliphatic rings. The third-order valence-corrected chi connectivity index (χ3v) is 8.48. The van der Waals surface area contributed by atoms with E-state index in [-0.39, 0.29) is 25.5 Å². The van der Waals surface area contributed by atoms with E-state index in [2.05, 4.69) is 20.9 Å². The molecular formula is C36H48N8O6. The van der Waals surface area contributed by atoms with E-state index in [4.69, 9.17) is 26.7 Å². The van der Waals surface area contributed by atoms with Gasteiger partial charge in [-0.1, -0.05) is 54.6 Å². The van der Waals surface area contributed by atoms with E-state index in [9.17, 15) is 19.2 Å². The molecule has 3 aromatic rings. The quantitative estimate of drug-likeness (QED) is 0.0697. The van der Waals surface area contributed by atoms with E-state index in [0.29, 0.717) is 63.1 Å². The lowest BCUT2D eigenvalue weighted by molar-refractivity contribution is -0.140. The average Bonchev–Trinajstić information content (AvgIpc) is 3.61. The minimum atomic E-state index is -0.960. The monoisotopic (exact) mass is 688 g/mol. The van der Waals surface area contributed by atoms with Crippen molar-refractivity contribution >= 4 is 46.2 Å². The molecule has 0 saturated carbocycles.